The van der Waals surface area contributed by atoms with Crippen LogP contribution in [0.15, 0.2) is 139 Å². The van der Waals surface area contributed by atoms with Gasteiger partial charge in [0.25, 0.3) is 0 Å². The minimum absolute atomic E-state index is 0. The molecule has 0 radical (unpaired) electrons. The molecule has 6 atom stereocenters. The summed E-state index contributed by atoms with van der Waals surface area (Å²) >= 11 is 8.89. The van der Waals surface area contributed by atoms with Crippen molar-refractivity contribution < 1.29 is 57.9 Å². The summed E-state index contributed by atoms with van der Waals surface area (Å²) in [5.41, 5.74) is 37.4. The minimum Gasteiger partial charge on any atom is -0.481 e. The summed E-state index contributed by atoms with van der Waals surface area (Å²) in [6.45, 7) is 22.8. The van der Waals surface area contributed by atoms with Crippen molar-refractivity contribution in [3.63, 3.8) is 0 Å². The fourth-order valence-electron chi connectivity index (χ4n) is 12.3. The van der Waals surface area contributed by atoms with Gasteiger partial charge in [-0.3, -0.25) is 9.59 Å². The van der Waals surface area contributed by atoms with Gasteiger partial charge in [-0.15, -0.1) is 47.0 Å². The van der Waals surface area contributed by atoms with Crippen molar-refractivity contribution in [2.45, 2.75) is 160 Å². The molecule has 0 saturated carbocycles. The number of thioether (sulfide) groups is 6. The SMILES string of the molecule is CB1O[C@@H](CN)c2ccc(SCC(=O)O)cc21.CB1O[C@H](CN)c2ccc(SCC(=O)O)cc21.CC[C@@H]1OB(C)c2cc(SCN)ccc21.CC[C@@H]1OB(C)c2cc(SCO)ccc21.CC[C@H]1OB(C)c2cc(SCN)ccc21.CC[C@H]1OB(C)c2cc(SCO)ccc21.[Rf].[Rf]. The summed E-state index contributed by atoms with van der Waals surface area (Å²) in [6.07, 6.45) is 5.14. The molecule has 0 aromatic heterocycles. The average molecular weight is 1920 g/mol. The first kappa shape index (κ1) is 80.9. The van der Waals surface area contributed by atoms with Gasteiger partial charge >= 0.3 is 53.4 Å². The Morgan fingerprint density at radius 2 is 0.552 bits per heavy atom. The van der Waals surface area contributed by atoms with E-state index in [0.29, 0.717) is 24.8 Å². The van der Waals surface area contributed by atoms with Crippen molar-refractivity contribution in [1.82, 2.24) is 0 Å². The van der Waals surface area contributed by atoms with Crippen molar-refractivity contribution >= 4 is 157 Å². The normalized spacial score (nSPS) is 18.6. The van der Waals surface area contributed by atoms with Crippen LogP contribution in [0.25, 0.3) is 0 Å². The molecule has 96 heavy (non-hydrogen) atoms. The predicted molar refractivity (Wildman–Crippen MR) is 401 cm³/mol. The minimum atomic E-state index is -0.806. The summed E-state index contributed by atoms with van der Waals surface area (Å²) in [5.74, 6) is 0.0644. The van der Waals surface area contributed by atoms with E-state index in [0.717, 1.165) is 67.3 Å². The second kappa shape index (κ2) is 39.8. The van der Waals surface area contributed by atoms with Gasteiger partial charge in [0.1, 0.15) is 0 Å². The molecule has 6 heterocycles. The van der Waals surface area contributed by atoms with E-state index in [9.17, 15) is 9.59 Å². The standard InChI is InChI=1S/2C11H14BNO3S.2C11H16BNOS.2C11H15BO2S.2Rf/c2*1-12-9-4-7(17-6-11(14)15)2-3-8(9)10(5-13)16-12;4*1-3-11-9-5-4-8(15-7-13)6-10(9)12(2)14-11;;/h2*2-4,10H,5-6,13H2,1H3,(H,14,15);2*4-6,11H,3,7,13H2,1-2H3;2*4-6,11,13H,3,7H2,1-2H3;;/t2*10-;4*11-;;/m101010../s1. The fourth-order valence-corrected chi connectivity index (χ4v) is 15.9. The van der Waals surface area contributed by atoms with E-state index in [2.05, 4.69) is 128 Å². The number of benzene rings is 6. The third kappa shape index (κ3) is 21.2. The van der Waals surface area contributed by atoms with E-state index in [-0.39, 0.29) is 102 Å². The Balaban J connectivity index is 0.000000208. The van der Waals surface area contributed by atoms with Crippen LogP contribution in [0.4, 0.5) is 0 Å². The molecule has 6 aromatic carbocycles. The van der Waals surface area contributed by atoms with Crippen LogP contribution in [0.5, 0.6) is 0 Å². The molecule has 6 aliphatic heterocycles. The van der Waals surface area contributed by atoms with Crippen LogP contribution < -0.4 is 55.7 Å². The smallest absolute Gasteiger partial charge is 0.324 e. The molecule has 504 valence electrons. The van der Waals surface area contributed by atoms with Gasteiger partial charge in [0.2, 0.25) is 0 Å². The van der Waals surface area contributed by atoms with Crippen LogP contribution in [-0.2, 0) is 37.5 Å². The molecule has 0 aliphatic carbocycles. The number of nitrogens with two attached hydrogens (primary N) is 4. The Kier molecular flexibility index (Phi) is 33.5. The number of fused-ring (bicyclic) bond motifs is 6. The van der Waals surface area contributed by atoms with E-state index in [1.165, 1.54) is 101 Å². The largest absolute Gasteiger partial charge is 0.481 e. The molecule has 0 spiro atoms. The second-order valence-corrected chi connectivity index (χ2v) is 29.3. The maximum Gasteiger partial charge on any atom is 0.324 e. The van der Waals surface area contributed by atoms with Crippen molar-refractivity contribution in [3.8, 4) is 0 Å². The number of aliphatic hydroxyl groups is 2. The zero-order chi connectivity index (χ0) is 68.2. The van der Waals surface area contributed by atoms with Gasteiger partial charge in [0.15, 0.2) is 0 Å². The number of rotatable bonds is 20. The third-order valence-corrected chi connectivity index (χ3v) is 21.8. The molecule has 0 amide bonds. The molecule has 0 saturated heterocycles. The average Bonchev–Trinajstić information content (AvgIpc) is 1.71. The maximum absolute atomic E-state index is 10.5. The molecular weight excluding hydrogens is 1830 g/mol. The summed E-state index contributed by atoms with van der Waals surface area (Å²) in [4.78, 5) is 27.6. The molecule has 0 fully saturated rings. The van der Waals surface area contributed by atoms with Gasteiger partial charge in [-0.25, -0.2) is 0 Å². The fraction of sp³-hybridized carbons (Fsp3) is 0.424. The van der Waals surface area contributed by atoms with Gasteiger partial charge in [-0.2, -0.15) is 0 Å². The molecule has 0 unspecified atom stereocenters. The van der Waals surface area contributed by atoms with E-state index in [1.54, 1.807) is 23.5 Å². The van der Waals surface area contributed by atoms with E-state index < -0.39 is 11.9 Å². The number of carbonyl (C=O) groups is 2. The summed E-state index contributed by atoms with van der Waals surface area (Å²) < 4.78 is 34.9. The second-order valence-electron chi connectivity index (χ2n) is 23.0. The van der Waals surface area contributed by atoms with E-state index in [4.69, 9.17) is 71.3 Å². The van der Waals surface area contributed by atoms with Gasteiger partial charge < -0.3 is 71.3 Å². The molecular formula is C66H90B6N4O12Rf2S6. The molecule has 16 nitrogen and oxygen atoms in total. The zero-order valence-corrected chi connectivity index (χ0v) is 74.7. The first-order valence-electron chi connectivity index (χ1n) is 32.2. The Morgan fingerprint density at radius 1 is 0.354 bits per heavy atom. The third-order valence-electron chi connectivity index (χ3n) is 16.9. The monoisotopic (exact) mass is 1920 g/mol. The Morgan fingerprint density at radius 3 is 0.740 bits per heavy atom. The number of aliphatic carboxylic acids is 2. The zero-order valence-electron chi connectivity index (χ0n) is 57.0. The van der Waals surface area contributed by atoms with Gasteiger partial charge in [0, 0.05) is 54.2 Å². The summed E-state index contributed by atoms with van der Waals surface area (Å²) in [5, 5.41) is 35.0. The van der Waals surface area contributed by atoms with Crippen molar-refractivity contribution in [1.29, 1.82) is 0 Å². The van der Waals surface area contributed by atoms with Crippen LogP contribution in [0, 0.1) is 0 Å². The van der Waals surface area contributed by atoms with Crippen LogP contribution in [0.2, 0.25) is 40.9 Å². The quantitative estimate of drug-likeness (QED) is 0.0201. The Labute approximate surface area is 584 Å². The van der Waals surface area contributed by atoms with Crippen LogP contribution in [0.3, 0.4) is 0 Å². The van der Waals surface area contributed by atoms with Crippen molar-refractivity contribution in [2.24, 2.45) is 22.9 Å². The first-order chi connectivity index (χ1) is 45.3. The molecule has 12 rings (SSSR count). The summed E-state index contributed by atoms with van der Waals surface area (Å²) in [7, 11) is 0. The van der Waals surface area contributed by atoms with Crippen LogP contribution in [0.1, 0.15) is 123 Å². The Hall–Kier alpha value is -5.73. The van der Waals surface area contributed by atoms with Crippen molar-refractivity contribution in [2.75, 3.05) is 48.2 Å². The number of aliphatic hydroxyl groups excluding tert-OH is 2. The maximum atomic E-state index is 10.5. The van der Waals surface area contributed by atoms with Crippen molar-refractivity contribution in [3.05, 3.63) is 143 Å². The Bertz CT molecular complexity index is 3110. The molecule has 0 bridgehead atoms. The van der Waals surface area contributed by atoms with Crippen LogP contribution in [-0.4, -0.2) is 122 Å². The van der Waals surface area contributed by atoms with E-state index in [1.807, 2.05) is 50.0 Å². The first-order valence-corrected chi connectivity index (χ1v) is 38.2. The number of hydrogen-bond acceptors (Lipinski definition) is 20. The van der Waals surface area contributed by atoms with E-state index >= 15 is 0 Å². The topological polar surface area (TPSA) is 275 Å². The number of carboxylic acids is 2. The van der Waals surface area contributed by atoms with Gasteiger partial charge in [-0.1, -0.05) is 165 Å². The molecule has 6 aromatic rings. The summed E-state index contributed by atoms with van der Waals surface area (Å²) in [6, 6.07) is 37.6. The van der Waals surface area contributed by atoms with Crippen LogP contribution >= 0.6 is 70.6 Å². The number of carboxylic acid groups (broad SMARTS) is 2. The predicted octanol–water partition coefficient (Wildman–Crippen LogP) is 9.53. The number of hydrogen-bond donors (Lipinski definition) is 8. The molecule has 12 N–H and O–H groups in total. The molecule has 6 aliphatic rings. The van der Waals surface area contributed by atoms with Gasteiger partial charge in [-0.05, 0) is 128 Å². The van der Waals surface area contributed by atoms with Gasteiger partial charge in [0.05, 0.1) is 60.0 Å². The molecule has 30 heteroatoms.